The van der Waals surface area contributed by atoms with Gasteiger partial charge in [-0.15, -0.1) is 0 Å². The molecule has 2 aliphatic rings. The number of rotatable bonds is 6. The van der Waals surface area contributed by atoms with Gasteiger partial charge in [-0.1, -0.05) is 44.0 Å². The lowest BCUT2D eigenvalue weighted by Gasteiger charge is -2.33. The first kappa shape index (κ1) is 11.3. The molecule has 1 N–H and O–H groups in total. The minimum absolute atomic E-state index is 0.755. The predicted molar refractivity (Wildman–Crippen MR) is 72.3 cm³/mol. The van der Waals surface area contributed by atoms with Crippen LogP contribution in [-0.4, -0.2) is 12.6 Å². The van der Waals surface area contributed by atoms with Crippen molar-refractivity contribution < 1.29 is 0 Å². The zero-order valence-corrected chi connectivity index (χ0v) is 10.8. The highest BCUT2D eigenvalue weighted by molar-refractivity contribution is 5.39. The van der Waals surface area contributed by atoms with Gasteiger partial charge in [0.1, 0.15) is 0 Å². The number of hydrogen-bond acceptors (Lipinski definition) is 1. The molecule has 1 heteroatoms. The van der Waals surface area contributed by atoms with E-state index in [9.17, 15) is 0 Å². The highest BCUT2D eigenvalue weighted by Gasteiger charge is 2.31. The Labute approximate surface area is 105 Å². The van der Waals surface area contributed by atoms with Crippen LogP contribution < -0.4 is 5.32 Å². The topological polar surface area (TPSA) is 12.0 Å². The highest BCUT2D eigenvalue weighted by atomic mass is 14.9. The third-order valence-electron chi connectivity index (χ3n) is 4.34. The first-order valence-corrected chi connectivity index (χ1v) is 7.18. The van der Waals surface area contributed by atoms with E-state index in [-0.39, 0.29) is 0 Å². The molecule has 1 fully saturated rings. The lowest BCUT2D eigenvalue weighted by molar-refractivity contribution is 0.391. The molecule has 3 rings (SSSR count). The summed E-state index contributed by atoms with van der Waals surface area (Å²) in [6, 6.07) is 9.72. The van der Waals surface area contributed by atoms with Crippen LogP contribution in [0.3, 0.4) is 0 Å². The second-order valence-electron chi connectivity index (χ2n) is 5.77. The van der Waals surface area contributed by atoms with E-state index in [1.54, 1.807) is 11.1 Å². The Balaban J connectivity index is 1.58. The summed E-state index contributed by atoms with van der Waals surface area (Å²) in [5, 5.41) is 3.68. The first-order chi connectivity index (χ1) is 8.36. The highest BCUT2D eigenvalue weighted by Crippen LogP contribution is 2.40. The molecule has 0 spiro atoms. The third kappa shape index (κ3) is 2.55. The van der Waals surface area contributed by atoms with Crippen molar-refractivity contribution in [3.8, 4) is 0 Å². The standard InChI is InChI=1S/C16H23N/c1-2-17-15(9-12-7-8-12)11-14-10-13-5-3-4-6-16(13)14/h3-6,12,14-15,17H,2,7-11H2,1H3. The van der Waals surface area contributed by atoms with E-state index in [0.29, 0.717) is 0 Å². The monoisotopic (exact) mass is 229 g/mol. The molecule has 0 aliphatic heterocycles. The van der Waals surface area contributed by atoms with Gasteiger partial charge < -0.3 is 5.32 Å². The van der Waals surface area contributed by atoms with Crippen molar-refractivity contribution >= 4 is 0 Å². The molecule has 1 nitrogen and oxygen atoms in total. The molecular weight excluding hydrogens is 206 g/mol. The average molecular weight is 229 g/mol. The Bertz CT molecular complexity index is 381. The lowest BCUT2D eigenvalue weighted by atomic mass is 9.74. The van der Waals surface area contributed by atoms with E-state index in [1.807, 2.05) is 0 Å². The quantitative estimate of drug-likeness (QED) is 0.787. The Kier molecular flexibility index (Phi) is 3.19. The van der Waals surface area contributed by atoms with E-state index in [4.69, 9.17) is 0 Å². The molecule has 2 atom stereocenters. The summed E-state index contributed by atoms with van der Waals surface area (Å²) in [7, 11) is 0. The van der Waals surface area contributed by atoms with Crippen LogP contribution in [-0.2, 0) is 6.42 Å². The van der Waals surface area contributed by atoms with Gasteiger partial charge in [0.05, 0.1) is 0 Å². The molecule has 1 saturated carbocycles. The normalized spacial score (nSPS) is 23.9. The molecule has 2 unspecified atom stereocenters. The van der Waals surface area contributed by atoms with Gasteiger partial charge in [-0.2, -0.15) is 0 Å². The largest absolute Gasteiger partial charge is 0.314 e. The number of hydrogen-bond donors (Lipinski definition) is 1. The van der Waals surface area contributed by atoms with Crippen molar-refractivity contribution in [3.05, 3.63) is 35.4 Å². The molecule has 0 heterocycles. The Morgan fingerprint density at radius 2 is 2.06 bits per heavy atom. The van der Waals surface area contributed by atoms with Gasteiger partial charge in [-0.25, -0.2) is 0 Å². The summed E-state index contributed by atoms with van der Waals surface area (Å²) in [5.41, 5.74) is 3.20. The summed E-state index contributed by atoms with van der Waals surface area (Å²) in [5.74, 6) is 1.86. The number of fused-ring (bicyclic) bond motifs is 1. The molecule has 2 aliphatic carbocycles. The van der Waals surface area contributed by atoms with Crippen molar-refractivity contribution in [2.75, 3.05) is 6.54 Å². The number of benzene rings is 1. The minimum atomic E-state index is 0.755. The van der Waals surface area contributed by atoms with Crippen LogP contribution in [0.15, 0.2) is 24.3 Å². The van der Waals surface area contributed by atoms with Crippen LogP contribution in [0.4, 0.5) is 0 Å². The molecule has 1 aromatic carbocycles. The first-order valence-electron chi connectivity index (χ1n) is 7.18. The van der Waals surface area contributed by atoms with Crippen LogP contribution in [0.5, 0.6) is 0 Å². The molecule has 0 saturated heterocycles. The second-order valence-corrected chi connectivity index (χ2v) is 5.77. The molecule has 0 radical (unpaired) electrons. The predicted octanol–water partition coefficient (Wildman–Crippen LogP) is 3.49. The Hall–Kier alpha value is -0.820. The fourth-order valence-corrected chi connectivity index (χ4v) is 3.22. The Morgan fingerprint density at radius 3 is 2.76 bits per heavy atom. The average Bonchev–Trinajstić information content (AvgIpc) is 3.10. The van der Waals surface area contributed by atoms with E-state index in [2.05, 4.69) is 36.5 Å². The molecule has 0 bridgehead atoms. The summed E-state index contributed by atoms with van der Waals surface area (Å²) in [4.78, 5) is 0. The van der Waals surface area contributed by atoms with Gasteiger partial charge in [0.25, 0.3) is 0 Å². The second kappa shape index (κ2) is 4.81. The van der Waals surface area contributed by atoms with Crippen LogP contribution in [0.1, 0.15) is 49.7 Å². The Morgan fingerprint density at radius 1 is 1.24 bits per heavy atom. The van der Waals surface area contributed by atoms with Crippen LogP contribution in [0, 0.1) is 5.92 Å². The van der Waals surface area contributed by atoms with E-state index >= 15 is 0 Å². The maximum absolute atomic E-state index is 3.68. The summed E-state index contributed by atoms with van der Waals surface area (Å²) < 4.78 is 0. The van der Waals surface area contributed by atoms with E-state index in [1.165, 1.54) is 32.1 Å². The van der Waals surface area contributed by atoms with E-state index < -0.39 is 0 Å². The van der Waals surface area contributed by atoms with Crippen molar-refractivity contribution in [1.29, 1.82) is 0 Å². The fourth-order valence-electron chi connectivity index (χ4n) is 3.22. The molecule has 0 amide bonds. The van der Waals surface area contributed by atoms with Crippen molar-refractivity contribution in [2.45, 2.75) is 51.0 Å². The SMILES string of the molecule is CCNC(CC1CC1)CC1Cc2ccccc21. The van der Waals surface area contributed by atoms with Gasteiger partial charge in [-0.3, -0.25) is 0 Å². The van der Waals surface area contributed by atoms with Gasteiger partial charge in [-0.05, 0) is 48.8 Å². The molecule has 92 valence electrons. The molecule has 17 heavy (non-hydrogen) atoms. The van der Waals surface area contributed by atoms with Gasteiger partial charge in [0, 0.05) is 6.04 Å². The zero-order valence-electron chi connectivity index (χ0n) is 10.8. The van der Waals surface area contributed by atoms with Gasteiger partial charge in [0.2, 0.25) is 0 Å². The van der Waals surface area contributed by atoms with Gasteiger partial charge in [0.15, 0.2) is 0 Å². The molecular formula is C16H23N. The smallest absolute Gasteiger partial charge is 0.00755 e. The summed E-state index contributed by atoms with van der Waals surface area (Å²) in [6.45, 7) is 3.35. The number of nitrogens with one attached hydrogen (secondary N) is 1. The fraction of sp³-hybridized carbons (Fsp3) is 0.625. The van der Waals surface area contributed by atoms with Crippen molar-refractivity contribution in [3.63, 3.8) is 0 Å². The molecule has 1 aromatic rings. The minimum Gasteiger partial charge on any atom is -0.314 e. The van der Waals surface area contributed by atoms with E-state index in [0.717, 1.165) is 24.4 Å². The van der Waals surface area contributed by atoms with Crippen molar-refractivity contribution in [2.24, 2.45) is 5.92 Å². The summed E-state index contributed by atoms with van der Waals surface area (Å²) in [6.07, 6.45) is 7.02. The maximum Gasteiger partial charge on any atom is 0.00755 e. The van der Waals surface area contributed by atoms with Gasteiger partial charge >= 0.3 is 0 Å². The third-order valence-corrected chi connectivity index (χ3v) is 4.34. The van der Waals surface area contributed by atoms with Crippen LogP contribution >= 0.6 is 0 Å². The lowest BCUT2D eigenvalue weighted by Crippen LogP contribution is -2.33. The zero-order chi connectivity index (χ0) is 11.7. The van der Waals surface area contributed by atoms with Crippen LogP contribution in [0.2, 0.25) is 0 Å². The maximum atomic E-state index is 3.68. The van der Waals surface area contributed by atoms with Crippen LogP contribution in [0.25, 0.3) is 0 Å². The summed E-state index contributed by atoms with van der Waals surface area (Å²) >= 11 is 0. The molecule has 0 aromatic heterocycles. The van der Waals surface area contributed by atoms with Crippen molar-refractivity contribution in [1.82, 2.24) is 5.32 Å².